The molecule has 4 nitrogen and oxygen atoms in total. The molecular formula is C15H30N2O2. The first kappa shape index (κ1) is 16.4. The van der Waals surface area contributed by atoms with Crippen LogP contribution in [-0.4, -0.2) is 46.7 Å². The van der Waals surface area contributed by atoms with Gasteiger partial charge < -0.3 is 10.4 Å². The van der Waals surface area contributed by atoms with Gasteiger partial charge in [0, 0.05) is 12.1 Å². The molecule has 19 heavy (non-hydrogen) atoms. The lowest BCUT2D eigenvalue weighted by Gasteiger charge is -2.42. The number of piperidine rings is 1. The summed E-state index contributed by atoms with van der Waals surface area (Å²) >= 11 is 0. The molecule has 1 rings (SSSR count). The number of hydrogen-bond acceptors (Lipinski definition) is 3. The molecule has 0 spiro atoms. The van der Waals surface area contributed by atoms with Crippen molar-refractivity contribution in [2.24, 2.45) is 0 Å². The summed E-state index contributed by atoms with van der Waals surface area (Å²) in [5.41, 5.74) is -0.816. The van der Waals surface area contributed by atoms with Gasteiger partial charge in [0.25, 0.3) is 0 Å². The number of likely N-dealkylation sites (tertiary alicyclic amines) is 1. The van der Waals surface area contributed by atoms with Crippen molar-refractivity contribution in [3.63, 3.8) is 0 Å². The minimum atomic E-state index is -0.816. The van der Waals surface area contributed by atoms with Crippen LogP contribution >= 0.6 is 0 Å². The van der Waals surface area contributed by atoms with E-state index in [0.29, 0.717) is 25.0 Å². The number of carbonyl (C=O) groups is 1. The summed E-state index contributed by atoms with van der Waals surface area (Å²) in [5.74, 6) is -0.744. The van der Waals surface area contributed by atoms with Crippen LogP contribution in [0.4, 0.5) is 0 Å². The first-order valence-corrected chi connectivity index (χ1v) is 7.68. The number of nitrogens with one attached hydrogen (secondary N) is 1. The first-order chi connectivity index (χ1) is 8.94. The fraction of sp³-hybridized carbons (Fsp3) is 0.933. The summed E-state index contributed by atoms with van der Waals surface area (Å²) in [5, 5.41) is 12.6. The van der Waals surface area contributed by atoms with Gasteiger partial charge in [-0.15, -0.1) is 0 Å². The van der Waals surface area contributed by atoms with E-state index >= 15 is 0 Å². The van der Waals surface area contributed by atoms with Crippen molar-refractivity contribution in [1.82, 2.24) is 10.2 Å². The zero-order chi connectivity index (χ0) is 14.5. The van der Waals surface area contributed by atoms with Gasteiger partial charge >= 0.3 is 5.97 Å². The normalized spacial score (nSPS) is 25.8. The zero-order valence-corrected chi connectivity index (χ0v) is 12.9. The van der Waals surface area contributed by atoms with Crippen LogP contribution in [-0.2, 0) is 4.79 Å². The molecule has 1 saturated heterocycles. The number of carboxylic acid groups (broad SMARTS) is 1. The Morgan fingerprint density at radius 1 is 1.47 bits per heavy atom. The summed E-state index contributed by atoms with van der Waals surface area (Å²) in [6.45, 7) is 9.97. The van der Waals surface area contributed by atoms with Gasteiger partial charge in [0.05, 0.1) is 0 Å². The molecule has 0 aromatic carbocycles. The lowest BCUT2D eigenvalue weighted by molar-refractivity contribution is -0.145. The summed E-state index contributed by atoms with van der Waals surface area (Å²) in [6.07, 6.45) is 5.63. The summed E-state index contributed by atoms with van der Waals surface area (Å²) in [4.78, 5) is 14.0. The van der Waals surface area contributed by atoms with Crippen molar-refractivity contribution < 1.29 is 9.90 Å². The highest BCUT2D eigenvalue weighted by Crippen LogP contribution is 2.26. The molecule has 3 unspecified atom stereocenters. The third kappa shape index (κ3) is 4.18. The standard InChI is InChI=1S/C15H30N2O2/c1-5-13-9-7-8-10-17(13)12(3)11-15(4,14(18)19)16-6-2/h12-13,16H,5-11H2,1-4H3,(H,18,19). The lowest BCUT2D eigenvalue weighted by atomic mass is 9.90. The molecular weight excluding hydrogens is 240 g/mol. The second kappa shape index (κ2) is 7.25. The number of aliphatic carboxylic acids is 1. The largest absolute Gasteiger partial charge is 0.480 e. The summed E-state index contributed by atoms with van der Waals surface area (Å²) in [6, 6.07) is 0.939. The van der Waals surface area contributed by atoms with E-state index in [1.165, 1.54) is 19.3 Å². The third-order valence-electron chi connectivity index (χ3n) is 4.45. The highest BCUT2D eigenvalue weighted by atomic mass is 16.4. The van der Waals surface area contributed by atoms with Gasteiger partial charge in [-0.3, -0.25) is 9.69 Å². The molecule has 0 aromatic rings. The molecule has 4 heteroatoms. The van der Waals surface area contributed by atoms with Crippen molar-refractivity contribution in [3.8, 4) is 0 Å². The molecule has 3 atom stereocenters. The highest BCUT2D eigenvalue weighted by molar-refractivity contribution is 5.78. The van der Waals surface area contributed by atoms with E-state index in [0.717, 1.165) is 13.0 Å². The Bertz CT molecular complexity index is 296. The van der Waals surface area contributed by atoms with E-state index in [4.69, 9.17) is 0 Å². The molecule has 1 fully saturated rings. The van der Waals surface area contributed by atoms with Crippen LogP contribution < -0.4 is 5.32 Å². The number of nitrogens with zero attached hydrogens (tertiary/aromatic N) is 1. The Morgan fingerprint density at radius 3 is 2.68 bits per heavy atom. The van der Waals surface area contributed by atoms with Gasteiger partial charge in [0.15, 0.2) is 0 Å². The van der Waals surface area contributed by atoms with Gasteiger partial charge in [0.2, 0.25) is 0 Å². The Morgan fingerprint density at radius 2 is 2.16 bits per heavy atom. The van der Waals surface area contributed by atoms with Crippen LogP contribution in [0.2, 0.25) is 0 Å². The molecule has 0 aliphatic carbocycles. The van der Waals surface area contributed by atoms with Crippen molar-refractivity contribution >= 4 is 5.97 Å². The van der Waals surface area contributed by atoms with Crippen LogP contribution in [0.1, 0.15) is 59.8 Å². The third-order valence-corrected chi connectivity index (χ3v) is 4.45. The monoisotopic (exact) mass is 270 g/mol. The van der Waals surface area contributed by atoms with Crippen molar-refractivity contribution in [2.45, 2.75) is 77.4 Å². The molecule has 0 aromatic heterocycles. The Labute approximate surface area is 117 Å². The molecule has 0 bridgehead atoms. The number of likely N-dealkylation sites (N-methyl/N-ethyl adjacent to an activating group) is 1. The topological polar surface area (TPSA) is 52.6 Å². The molecule has 112 valence electrons. The summed E-state index contributed by atoms with van der Waals surface area (Å²) < 4.78 is 0. The molecule has 1 aliphatic heterocycles. The van der Waals surface area contributed by atoms with Crippen molar-refractivity contribution in [1.29, 1.82) is 0 Å². The molecule has 0 saturated carbocycles. The van der Waals surface area contributed by atoms with Crippen LogP contribution in [0, 0.1) is 0 Å². The van der Waals surface area contributed by atoms with E-state index in [2.05, 4.69) is 24.1 Å². The SMILES string of the molecule is CCNC(C)(CC(C)N1CCCCC1CC)C(=O)O. The minimum absolute atomic E-state index is 0.311. The van der Waals surface area contributed by atoms with Crippen LogP contribution in [0.3, 0.4) is 0 Å². The van der Waals surface area contributed by atoms with Crippen LogP contribution in [0.5, 0.6) is 0 Å². The predicted molar refractivity (Wildman–Crippen MR) is 78.4 cm³/mol. The van der Waals surface area contributed by atoms with E-state index in [1.54, 1.807) is 6.92 Å². The maximum Gasteiger partial charge on any atom is 0.323 e. The Kier molecular flexibility index (Phi) is 6.27. The quantitative estimate of drug-likeness (QED) is 0.746. The molecule has 2 N–H and O–H groups in total. The van der Waals surface area contributed by atoms with Gasteiger partial charge in [0.1, 0.15) is 5.54 Å². The van der Waals surface area contributed by atoms with Crippen LogP contribution in [0.25, 0.3) is 0 Å². The molecule has 1 heterocycles. The van der Waals surface area contributed by atoms with Crippen molar-refractivity contribution in [2.75, 3.05) is 13.1 Å². The summed E-state index contributed by atoms with van der Waals surface area (Å²) in [7, 11) is 0. The zero-order valence-electron chi connectivity index (χ0n) is 12.9. The maximum absolute atomic E-state index is 11.5. The maximum atomic E-state index is 11.5. The highest BCUT2D eigenvalue weighted by Gasteiger charge is 2.36. The van der Waals surface area contributed by atoms with E-state index in [9.17, 15) is 9.90 Å². The minimum Gasteiger partial charge on any atom is -0.480 e. The first-order valence-electron chi connectivity index (χ1n) is 7.68. The lowest BCUT2D eigenvalue weighted by Crippen LogP contribution is -2.55. The molecule has 0 amide bonds. The van der Waals surface area contributed by atoms with Gasteiger partial charge in [-0.25, -0.2) is 0 Å². The predicted octanol–water partition coefficient (Wildman–Crippen LogP) is 2.48. The van der Waals surface area contributed by atoms with E-state index < -0.39 is 11.5 Å². The average molecular weight is 270 g/mol. The fourth-order valence-corrected chi connectivity index (χ4v) is 3.37. The van der Waals surface area contributed by atoms with Gasteiger partial charge in [-0.2, -0.15) is 0 Å². The second-order valence-corrected chi connectivity index (χ2v) is 6.02. The number of hydrogen-bond donors (Lipinski definition) is 2. The smallest absolute Gasteiger partial charge is 0.323 e. The van der Waals surface area contributed by atoms with Crippen molar-refractivity contribution in [3.05, 3.63) is 0 Å². The van der Waals surface area contributed by atoms with Gasteiger partial charge in [-0.05, 0) is 52.6 Å². The second-order valence-electron chi connectivity index (χ2n) is 6.02. The van der Waals surface area contributed by atoms with E-state index in [1.807, 2.05) is 6.92 Å². The Hall–Kier alpha value is -0.610. The van der Waals surface area contributed by atoms with Crippen LogP contribution in [0.15, 0.2) is 0 Å². The number of rotatable bonds is 7. The Balaban J connectivity index is 2.69. The fourth-order valence-electron chi connectivity index (χ4n) is 3.37. The number of carboxylic acids is 1. The molecule has 1 aliphatic rings. The van der Waals surface area contributed by atoms with Gasteiger partial charge in [-0.1, -0.05) is 20.3 Å². The van der Waals surface area contributed by atoms with E-state index in [-0.39, 0.29) is 0 Å². The molecule has 0 radical (unpaired) electrons. The average Bonchev–Trinajstić information content (AvgIpc) is 2.38.